The molecule has 1 saturated carbocycles. The van der Waals surface area contributed by atoms with E-state index in [0.717, 1.165) is 12.8 Å². The molecule has 1 heterocycles. The van der Waals surface area contributed by atoms with Gasteiger partial charge in [-0.3, -0.25) is 4.79 Å². The second-order valence-corrected chi connectivity index (χ2v) is 6.20. The van der Waals surface area contributed by atoms with Crippen molar-refractivity contribution < 1.29 is 14.3 Å². The van der Waals surface area contributed by atoms with Gasteiger partial charge in [0.2, 0.25) is 5.91 Å². The predicted molar refractivity (Wildman–Crippen MR) is 92.1 cm³/mol. The van der Waals surface area contributed by atoms with Crippen LogP contribution >= 0.6 is 0 Å². The van der Waals surface area contributed by atoms with Crippen LogP contribution in [0.15, 0.2) is 36.9 Å². The zero-order valence-corrected chi connectivity index (χ0v) is 14.0. The maximum absolute atomic E-state index is 12.8. The highest BCUT2D eigenvalue weighted by molar-refractivity contribution is 5.92. The molecule has 3 amide bonds. The van der Waals surface area contributed by atoms with Gasteiger partial charge in [-0.25, -0.2) is 4.79 Å². The smallest absolute Gasteiger partial charge is 0.322 e. The van der Waals surface area contributed by atoms with Crippen LogP contribution in [-0.2, 0) is 4.79 Å². The Kier molecular flexibility index (Phi) is 4.46. The standard InChI is InChI=1S/C18H23N3O3/c1-3-16(22)20-11-12-21(18(13-20)9-10-18)17(23)19-14-7-5-6-8-15(14)24-4-2/h3,5-8H,1,4,9-13H2,2H3,(H,19,23). The summed E-state index contributed by atoms with van der Waals surface area (Å²) in [5, 5.41) is 2.96. The van der Waals surface area contributed by atoms with Gasteiger partial charge in [-0.1, -0.05) is 18.7 Å². The van der Waals surface area contributed by atoms with Crippen molar-refractivity contribution in [1.82, 2.24) is 9.80 Å². The number of para-hydroxylation sites is 2. The molecule has 1 saturated heterocycles. The molecule has 0 atom stereocenters. The lowest BCUT2D eigenvalue weighted by atomic mass is 10.1. The zero-order valence-electron chi connectivity index (χ0n) is 14.0. The summed E-state index contributed by atoms with van der Waals surface area (Å²) in [6.07, 6.45) is 3.19. The minimum Gasteiger partial charge on any atom is -0.492 e. The van der Waals surface area contributed by atoms with Crippen molar-refractivity contribution in [2.24, 2.45) is 0 Å². The molecule has 6 heteroatoms. The van der Waals surface area contributed by atoms with Crippen LogP contribution in [0.5, 0.6) is 5.75 Å². The number of hydrogen-bond donors (Lipinski definition) is 1. The van der Waals surface area contributed by atoms with Gasteiger partial charge in [0.05, 0.1) is 17.8 Å². The highest BCUT2D eigenvalue weighted by atomic mass is 16.5. The quantitative estimate of drug-likeness (QED) is 0.863. The molecule has 1 spiro atoms. The van der Waals surface area contributed by atoms with Crippen LogP contribution in [0.2, 0.25) is 0 Å². The van der Waals surface area contributed by atoms with Crippen LogP contribution < -0.4 is 10.1 Å². The number of amides is 3. The third-order valence-electron chi connectivity index (χ3n) is 4.64. The lowest BCUT2D eigenvalue weighted by Crippen LogP contribution is -2.58. The number of carbonyl (C=O) groups is 2. The van der Waals surface area contributed by atoms with E-state index in [1.54, 1.807) is 4.90 Å². The second kappa shape index (κ2) is 6.55. The topological polar surface area (TPSA) is 61.9 Å². The molecule has 0 aromatic heterocycles. The molecule has 0 unspecified atom stereocenters. The first-order valence-electron chi connectivity index (χ1n) is 8.31. The largest absolute Gasteiger partial charge is 0.492 e. The molecule has 24 heavy (non-hydrogen) atoms. The van der Waals surface area contributed by atoms with E-state index in [1.165, 1.54) is 6.08 Å². The summed E-state index contributed by atoms with van der Waals surface area (Å²) in [7, 11) is 0. The number of anilines is 1. The van der Waals surface area contributed by atoms with E-state index in [-0.39, 0.29) is 17.5 Å². The normalized spacial score (nSPS) is 18.2. The lowest BCUT2D eigenvalue weighted by molar-refractivity contribution is -0.128. The first-order valence-corrected chi connectivity index (χ1v) is 8.31. The van der Waals surface area contributed by atoms with Crippen molar-refractivity contribution in [2.75, 3.05) is 31.6 Å². The monoisotopic (exact) mass is 329 g/mol. The Morgan fingerprint density at radius 3 is 2.75 bits per heavy atom. The van der Waals surface area contributed by atoms with Crippen molar-refractivity contribution in [3.8, 4) is 5.75 Å². The molecule has 1 aromatic rings. The minimum absolute atomic E-state index is 0.0666. The van der Waals surface area contributed by atoms with Crippen molar-refractivity contribution in [3.05, 3.63) is 36.9 Å². The second-order valence-electron chi connectivity index (χ2n) is 6.20. The molecule has 0 radical (unpaired) electrons. The van der Waals surface area contributed by atoms with Crippen LogP contribution in [0, 0.1) is 0 Å². The average molecular weight is 329 g/mol. The Morgan fingerprint density at radius 1 is 1.33 bits per heavy atom. The predicted octanol–water partition coefficient (Wildman–Crippen LogP) is 2.48. The van der Waals surface area contributed by atoms with Crippen molar-refractivity contribution in [3.63, 3.8) is 0 Å². The molecule has 1 aliphatic heterocycles. The summed E-state index contributed by atoms with van der Waals surface area (Å²) >= 11 is 0. The van der Waals surface area contributed by atoms with Crippen LogP contribution in [-0.4, -0.2) is 53.5 Å². The number of nitrogens with zero attached hydrogens (tertiary/aromatic N) is 2. The van der Waals surface area contributed by atoms with E-state index in [4.69, 9.17) is 4.74 Å². The minimum atomic E-state index is -0.221. The number of piperazine rings is 1. The number of urea groups is 1. The highest BCUT2D eigenvalue weighted by Gasteiger charge is 2.53. The maximum atomic E-state index is 12.8. The van der Waals surface area contributed by atoms with Gasteiger partial charge >= 0.3 is 6.03 Å². The average Bonchev–Trinajstić information content (AvgIpc) is 3.35. The third-order valence-corrected chi connectivity index (χ3v) is 4.64. The third kappa shape index (κ3) is 3.09. The molecule has 128 valence electrons. The fraction of sp³-hybridized carbons (Fsp3) is 0.444. The molecule has 1 aliphatic carbocycles. The summed E-state index contributed by atoms with van der Waals surface area (Å²) in [6.45, 7) is 7.64. The van der Waals surface area contributed by atoms with Crippen LogP contribution in [0.4, 0.5) is 10.5 Å². The van der Waals surface area contributed by atoms with Crippen molar-refractivity contribution in [1.29, 1.82) is 0 Å². The number of benzene rings is 1. The summed E-state index contributed by atoms with van der Waals surface area (Å²) in [4.78, 5) is 28.2. The first kappa shape index (κ1) is 16.4. The number of carbonyl (C=O) groups excluding carboxylic acids is 2. The van der Waals surface area contributed by atoms with Gasteiger partial charge in [-0.05, 0) is 38.0 Å². The van der Waals surface area contributed by atoms with E-state index in [9.17, 15) is 9.59 Å². The summed E-state index contributed by atoms with van der Waals surface area (Å²) in [5.41, 5.74) is 0.450. The van der Waals surface area contributed by atoms with Crippen molar-refractivity contribution in [2.45, 2.75) is 25.3 Å². The van der Waals surface area contributed by atoms with E-state index < -0.39 is 0 Å². The summed E-state index contributed by atoms with van der Waals surface area (Å²) in [5.74, 6) is 0.599. The molecular formula is C18H23N3O3. The molecular weight excluding hydrogens is 306 g/mol. The molecule has 1 aromatic carbocycles. The highest BCUT2D eigenvalue weighted by Crippen LogP contribution is 2.44. The van der Waals surface area contributed by atoms with Gasteiger partial charge in [0.25, 0.3) is 0 Å². The Hall–Kier alpha value is -2.50. The fourth-order valence-corrected chi connectivity index (χ4v) is 3.22. The van der Waals surface area contributed by atoms with E-state index in [2.05, 4.69) is 11.9 Å². The SMILES string of the molecule is C=CC(=O)N1CCN(C(=O)Nc2ccccc2OCC)C2(CC2)C1. The van der Waals surface area contributed by atoms with Gasteiger partial charge in [-0.15, -0.1) is 0 Å². The Balaban J connectivity index is 1.70. The van der Waals surface area contributed by atoms with E-state index in [1.807, 2.05) is 36.1 Å². The van der Waals surface area contributed by atoms with Crippen LogP contribution in [0.1, 0.15) is 19.8 Å². The van der Waals surface area contributed by atoms with Gasteiger partial charge in [0, 0.05) is 19.6 Å². The summed E-state index contributed by atoms with van der Waals surface area (Å²) < 4.78 is 5.56. The van der Waals surface area contributed by atoms with Gasteiger partial charge < -0.3 is 19.9 Å². The van der Waals surface area contributed by atoms with E-state index >= 15 is 0 Å². The summed E-state index contributed by atoms with van der Waals surface area (Å²) in [6, 6.07) is 7.28. The number of nitrogens with one attached hydrogen (secondary N) is 1. The molecule has 3 rings (SSSR count). The Morgan fingerprint density at radius 2 is 2.08 bits per heavy atom. The van der Waals surface area contributed by atoms with Gasteiger partial charge in [-0.2, -0.15) is 0 Å². The molecule has 1 N–H and O–H groups in total. The number of hydrogen-bond acceptors (Lipinski definition) is 3. The molecule has 2 aliphatic rings. The van der Waals surface area contributed by atoms with Gasteiger partial charge in [0.1, 0.15) is 5.75 Å². The molecule has 0 bridgehead atoms. The first-order chi connectivity index (χ1) is 11.6. The van der Waals surface area contributed by atoms with Crippen molar-refractivity contribution >= 4 is 17.6 Å². The number of rotatable bonds is 4. The van der Waals surface area contributed by atoms with Gasteiger partial charge in [0.15, 0.2) is 0 Å². The Bertz CT molecular complexity index is 655. The van der Waals surface area contributed by atoms with Crippen LogP contribution in [0.3, 0.4) is 0 Å². The number of ether oxygens (including phenoxy) is 1. The molecule has 6 nitrogen and oxygen atoms in total. The lowest BCUT2D eigenvalue weighted by Gasteiger charge is -2.41. The Labute approximate surface area is 142 Å². The maximum Gasteiger partial charge on any atom is 0.322 e. The molecule has 2 fully saturated rings. The zero-order chi connectivity index (χ0) is 17.2. The van der Waals surface area contributed by atoms with E-state index in [0.29, 0.717) is 37.7 Å². The van der Waals surface area contributed by atoms with Crippen LogP contribution in [0.25, 0.3) is 0 Å². The fourth-order valence-electron chi connectivity index (χ4n) is 3.22.